The number of aromatic nitrogens is 2. The molecule has 1 aliphatic carbocycles. The molecular formula is C14H20F3N3O. The first-order chi connectivity index (χ1) is 9.83. The van der Waals surface area contributed by atoms with Gasteiger partial charge in [0, 0.05) is 25.7 Å². The molecule has 0 saturated heterocycles. The molecule has 21 heavy (non-hydrogen) atoms. The molecule has 1 amide bonds. The second kappa shape index (κ2) is 6.49. The minimum absolute atomic E-state index is 0.156. The predicted octanol–water partition coefficient (Wildman–Crippen LogP) is 2.59. The van der Waals surface area contributed by atoms with Gasteiger partial charge in [-0.2, -0.15) is 18.3 Å². The van der Waals surface area contributed by atoms with Crippen molar-refractivity contribution in [1.82, 2.24) is 15.1 Å². The van der Waals surface area contributed by atoms with Gasteiger partial charge in [-0.05, 0) is 24.3 Å². The van der Waals surface area contributed by atoms with Gasteiger partial charge in [0.05, 0.1) is 12.6 Å². The molecule has 0 bridgehead atoms. The monoisotopic (exact) mass is 303 g/mol. The van der Waals surface area contributed by atoms with Crippen LogP contribution in [-0.4, -0.2) is 27.9 Å². The fourth-order valence-electron chi connectivity index (χ4n) is 2.95. The number of amides is 1. The number of halogens is 3. The summed E-state index contributed by atoms with van der Waals surface area (Å²) >= 11 is 0. The standard InChI is InChI=1S/C14H20F3N3O/c1-20-9-10(8-18-20)6-13(21)19-12-5-3-2-4-11(12)7-14(15,16)17/h8-9,11-12H,2-7H2,1H3,(H,19,21)/t11-,12-/m0/s1. The molecule has 0 radical (unpaired) electrons. The summed E-state index contributed by atoms with van der Waals surface area (Å²) in [5.41, 5.74) is 0.762. The van der Waals surface area contributed by atoms with Crippen LogP contribution in [0.25, 0.3) is 0 Å². The summed E-state index contributed by atoms with van der Waals surface area (Å²) in [4.78, 5) is 12.0. The predicted molar refractivity (Wildman–Crippen MR) is 71.5 cm³/mol. The Labute approximate surface area is 121 Å². The second-order valence-electron chi connectivity index (χ2n) is 5.74. The zero-order valence-electron chi connectivity index (χ0n) is 12.0. The molecule has 0 unspecified atom stereocenters. The van der Waals surface area contributed by atoms with Crippen LogP contribution in [0.4, 0.5) is 13.2 Å². The first-order valence-corrected chi connectivity index (χ1v) is 7.17. The van der Waals surface area contributed by atoms with E-state index in [9.17, 15) is 18.0 Å². The summed E-state index contributed by atoms with van der Waals surface area (Å²) < 4.78 is 39.3. The number of carbonyl (C=O) groups is 1. The van der Waals surface area contributed by atoms with Crippen LogP contribution in [0.3, 0.4) is 0 Å². The second-order valence-corrected chi connectivity index (χ2v) is 5.74. The van der Waals surface area contributed by atoms with Gasteiger partial charge in [-0.15, -0.1) is 0 Å². The molecule has 0 spiro atoms. The van der Waals surface area contributed by atoms with Crippen LogP contribution in [0, 0.1) is 5.92 Å². The molecule has 1 aliphatic rings. The Kier molecular flexibility index (Phi) is 4.90. The Balaban J connectivity index is 1.90. The molecule has 4 nitrogen and oxygen atoms in total. The number of alkyl halides is 3. The number of hydrogen-bond donors (Lipinski definition) is 1. The van der Waals surface area contributed by atoms with Gasteiger partial charge in [0.15, 0.2) is 0 Å². The minimum atomic E-state index is -4.17. The van der Waals surface area contributed by atoms with E-state index in [1.807, 2.05) is 0 Å². The molecule has 0 aromatic carbocycles. The number of rotatable bonds is 4. The highest BCUT2D eigenvalue weighted by Gasteiger charge is 2.37. The normalized spacial score (nSPS) is 23.0. The average Bonchev–Trinajstić information content (AvgIpc) is 2.75. The van der Waals surface area contributed by atoms with Crippen LogP contribution < -0.4 is 5.32 Å². The van der Waals surface area contributed by atoms with Crippen molar-refractivity contribution in [3.8, 4) is 0 Å². The van der Waals surface area contributed by atoms with E-state index in [0.717, 1.165) is 18.4 Å². The quantitative estimate of drug-likeness (QED) is 0.929. The zero-order valence-corrected chi connectivity index (χ0v) is 12.0. The van der Waals surface area contributed by atoms with E-state index in [0.29, 0.717) is 12.8 Å². The molecule has 0 aliphatic heterocycles. The SMILES string of the molecule is Cn1cc(CC(=O)N[C@H]2CCCC[C@H]2CC(F)(F)F)cn1. The summed E-state index contributed by atoms with van der Waals surface area (Å²) in [6, 6.07) is -0.371. The van der Waals surface area contributed by atoms with Crippen molar-refractivity contribution in [2.75, 3.05) is 0 Å². The average molecular weight is 303 g/mol. The van der Waals surface area contributed by atoms with Crippen molar-refractivity contribution in [3.63, 3.8) is 0 Å². The lowest BCUT2D eigenvalue weighted by Gasteiger charge is -2.32. The highest BCUT2D eigenvalue weighted by molar-refractivity contribution is 5.78. The van der Waals surface area contributed by atoms with Gasteiger partial charge in [-0.3, -0.25) is 9.48 Å². The molecule has 2 rings (SSSR count). The van der Waals surface area contributed by atoms with Gasteiger partial charge in [-0.25, -0.2) is 0 Å². The van der Waals surface area contributed by atoms with Crippen LogP contribution >= 0.6 is 0 Å². The molecular weight excluding hydrogens is 283 g/mol. The maximum atomic E-state index is 12.6. The highest BCUT2D eigenvalue weighted by Crippen LogP contribution is 2.34. The largest absolute Gasteiger partial charge is 0.389 e. The maximum absolute atomic E-state index is 12.6. The van der Waals surface area contributed by atoms with Gasteiger partial charge in [0.1, 0.15) is 0 Å². The van der Waals surface area contributed by atoms with Crippen LogP contribution in [0.5, 0.6) is 0 Å². The summed E-state index contributed by atoms with van der Waals surface area (Å²) in [5, 5.41) is 6.74. The number of aryl methyl sites for hydroxylation is 1. The minimum Gasteiger partial charge on any atom is -0.353 e. The molecule has 1 fully saturated rings. The van der Waals surface area contributed by atoms with Crippen molar-refractivity contribution < 1.29 is 18.0 Å². The molecule has 7 heteroatoms. The lowest BCUT2D eigenvalue weighted by molar-refractivity contribution is -0.150. The summed E-state index contributed by atoms with van der Waals surface area (Å²) in [6.07, 6.45) is 1.31. The van der Waals surface area contributed by atoms with Crippen molar-refractivity contribution >= 4 is 5.91 Å². The van der Waals surface area contributed by atoms with E-state index in [4.69, 9.17) is 0 Å². The highest BCUT2D eigenvalue weighted by atomic mass is 19.4. The van der Waals surface area contributed by atoms with E-state index in [1.54, 1.807) is 24.1 Å². The van der Waals surface area contributed by atoms with Gasteiger partial charge < -0.3 is 5.32 Å². The van der Waals surface area contributed by atoms with Gasteiger partial charge >= 0.3 is 6.18 Å². The first kappa shape index (κ1) is 15.9. The zero-order chi connectivity index (χ0) is 15.5. The molecule has 2 atom stereocenters. The van der Waals surface area contributed by atoms with Crippen molar-refractivity contribution in [2.45, 2.75) is 50.7 Å². The smallest absolute Gasteiger partial charge is 0.353 e. The first-order valence-electron chi connectivity index (χ1n) is 7.17. The van der Waals surface area contributed by atoms with Crippen molar-refractivity contribution in [1.29, 1.82) is 0 Å². The molecule has 1 aromatic rings. The van der Waals surface area contributed by atoms with Crippen molar-refractivity contribution in [3.05, 3.63) is 18.0 Å². The molecule has 1 aromatic heterocycles. The fraction of sp³-hybridized carbons (Fsp3) is 0.714. The topological polar surface area (TPSA) is 46.9 Å². The summed E-state index contributed by atoms with van der Waals surface area (Å²) in [7, 11) is 1.75. The van der Waals surface area contributed by atoms with E-state index in [2.05, 4.69) is 10.4 Å². The molecule has 1 N–H and O–H groups in total. The third-order valence-electron chi connectivity index (χ3n) is 3.87. The third kappa shape index (κ3) is 5.06. The molecule has 118 valence electrons. The van der Waals surface area contributed by atoms with E-state index < -0.39 is 18.5 Å². The van der Waals surface area contributed by atoms with Crippen LogP contribution in [0.15, 0.2) is 12.4 Å². The number of carbonyl (C=O) groups excluding carboxylic acids is 1. The number of hydrogen-bond acceptors (Lipinski definition) is 2. The van der Waals surface area contributed by atoms with E-state index in [-0.39, 0.29) is 18.4 Å². The lowest BCUT2D eigenvalue weighted by Crippen LogP contribution is -2.44. The number of nitrogens with one attached hydrogen (secondary N) is 1. The van der Waals surface area contributed by atoms with Gasteiger partial charge in [0.25, 0.3) is 0 Å². The van der Waals surface area contributed by atoms with Crippen LogP contribution in [-0.2, 0) is 18.3 Å². The maximum Gasteiger partial charge on any atom is 0.389 e. The molecule has 1 heterocycles. The fourth-order valence-corrected chi connectivity index (χ4v) is 2.95. The van der Waals surface area contributed by atoms with Gasteiger partial charge in [-0.1, -0.05) is 12.8 Å². The molecule has 1 saturated carbocycles. The Hall–Kier alpha value is -1.53. The summed E-state index contributed by atoms with van der Waals surface area (Å²) in [6.45, 7) is 0. The Bertz CT molecular complexity index is 484. The van der Waals surface area contributed by atoms with Gasteiger partial charge in [0.2, 0.25) is 5.91 Å². The Morgan fingerprint density at radius 2 is 2.14 bits per heavy atom. The Morgan fingerprint density at radius 1 is 1.43 bits per heavy atom. The lowest BCUT2D eigenvalue weighted by atomic mass is 9.82. The summed E-state index contributed by atoms with van der Waals surface area (Å²) in [5.74, 6) is -0.737. The third-order valence-corrected chi connectivity index (χ3v) is 3.87. The van der Waals surface area contributed by atoms with E-state index >= 15 is 0 Å². The van der Waals surface area contributed by atoms with E-state index in [1.165, 1.54) is 0 Å². The van der Waals surface area contributed by atoms with Crippen LogP contribution in [0.1, 0.15) is 37.7 Å². The van der Waals surface area contributed by atoms with Crippen LogP contribution in [0.2, 0.25) is 0 Å². The van der Waals surface area contributed by atoms with Crippen molar-refractivity contribution in [2.24, 2.45) is 13.0 Å². The number of nitrogens with zero attached hydrogens (tertiary/aromatic N) is 2. The Morgan fingerprint density at radius 3 is 2.76 bits per heavy atom.